The van der Waals surface area contributed by atoms with Crippen molar-refractivity contribution >= 4 is 5.69 Å². The first-order valence-corrected chi connectivity index (χ1v) is 7.32. The quantitative estimate of drug-likeness (QED) is 0.821. The molecule has 1 unspecified atom stereocenters. The Kier molecular flexibility index (Phi) is 5.84. The maximum absolute atomic E-state index is 9.38. The molecule has 0 spiro atoms. The second-order valence-corrected chi connectivity index (χ2v) is 5.07. The molecule has 5 heteroatoms. The second kappa shape index (κ2) is 8.06. The summed E-state index contributed by atoms with van der Waals surface area (Å²) in [4.78, 5) is 0. The summed E-state index contributed by atoms with van der Waals surface area (Å²) in [5.74, 6) is 1.35. The van der Waals surface area contributed by atoms with Gasteiger partial charge in [0, 0.05) is 17.3 Å². The van der Waals surface area contributed by atoms with E-state index in [9.17, 15) is 5.11 Å². The maximum Gasteiger partial charge on any atom is 0.174 e. The Balaban J connectivity index is 2.06. The topological polar surface area (TPSA) is 74.5 Å². The van der Waals surface area contributed by atoms with Crippen LogP contribution in [0.5, 0.6) is 11.5 Å². The van der Waals surface area contributed by atoms with Gasteiger partial charge in [-0.1, -0.05) is 12.1 Å². The van der Waals surface area contributed by atoms with Crippen LogP contribution >= 0.6 is 0 Å². The fourth-order valence-electron chi connectivity index (χ4n) is 2.29. The number of rotatable bonds is 7. The summed E-state index contributed by atoms with van der Waals surface area (Å²) in [5, 5.41) is 21.3. The molecule has 0 aliphatic carbocycles. The van der Waals surface area contributed by atoms with Gasteiger partial charge in [0.1, 0.15) is 17.6 Å². The highest BCUT2D eigenvalue weighted by atomic mass is 16.5. The van der Waals surface area contributed by atoms with Crippen molar-refractivity contribution in [2.45, 2.75) is 19.6 Å². The number of aliphatic hydroxyl groups excluding tert-OH is 1. The van der Waals surface area contributed by atoms with Crippen LogP contribution in [-0.4, -0.2) is 18.8 Å². The van der Waals surface area contributed by atoms with E-state index in [-0.39, 0.29) is 19.3 Å². The zero-order valence-corrected chi connectivity index (χ0v) is 13.2. The van der Waals surface area contributed by atoms with Gasteiger partial charge in [-0.25, -0.2) is 0 Å². The summed E-state index contributed by atoms with van der Waals surface area (Å²) in [6.45, 7) is 2.02. The number of anilines is 1. The van der Waals surface area contributed by atoms with Gasteiger partial charge in [0.05, 0.1) is 13.7 Å². The SMILES string of the molecule is COc1ccc(NC(C)c2ccc(OCC#N)cc2)cc1CO. The van der Waals surface area contributed by atoms with Crippen molar-refractivity contribution in [2.24, 2.45) is 0 Å². The van der Waals surface area contributed by atoms with E-state index in [2.05, 4.69) is 5.32 Å². The summed E-state index contributed by atoms with van der Waals surface area (Å²) in [5.41, 5.74) is 2.74. The number of aliphatic hydroxyl groups is 1. The molecule has 0 fully saturated rings. The van der Waals surface area contributed by atoms with Crippen molar-refractivity contribution in [3.63, 3.8) is 0 Å². The zero-order chi connectivity index (χ0) is 16.7. The fourth-order valence-corrected chi connectivity index (χ4v) is 2.29. The Morgan fingerprint density at radius 3 is 2.57 bits per heavy atom. The molecule has 120 valence electrons. The monoisotopic (exact) mass is 312 g/mol. The average molecular weight is 312 g/mol. The van der Waals surface area contributed by atoms with E-state index < -0.39 is 0 Å². The van der Waals surface area contributed by atoms with Crippen LogP contribution in [0.2, 0.25) is 0 Å². The number of hydrogen-bond acceptors (Lipinski definition) is 5. The molecule has 0 heterocycles. The van der Waals surface area contributed by atoms with Gasteiger partial charge in [0.25, 0.3) is 0 Å². The van der Waals surface area contributed by atoms with Crippen molar-refractivity contribution in [1.29, 1.82) is 5.26 Å². The Bertz CT molecular complexity index is 678. The van der Waals surface area contributed by atoms with Crippen molar-refractivity contribution in [2.75, 3.05) is 19.0 Å². The van der Waals surface area contributed by atoms with Crippen LogP contribution in [0.15, 0.2) is 42.5 Å². The van der Waals surface area contributed by atoms with Crippen LogP contribution < -0.4 is 14.8 Å². The average Bonchev–Trinajstić information content (AvgIpc) is 2.60. The van der Waals surface area contributed by atoms with Crippen LogP contribution in [-0.2, 0) is 6.61 Å². The normalized spacial score (nSPS) is 11.4. The molecule has 0 bridgehead atoms. The van der Waals surface area contributed by atoms with E-state index in [0.29, 0.717) is 11.5 Å². The number of methoxy groups -OCH3 is 1. The predicted octanol–water partition coefficient (Wildman–Crippen LogP) is 3.26. The van der Waals surface area contributed by atoms with Gasteiger partial charge in [0.15, 0.2) is 6.61 Å². The van der Waals surface area contributed by atoms with Crippen molar-refractivity contribution in [3.05, 3.63) is 53.6 Å². The molecule has 23 heavy (non-hydrogen) atoms. The minimum atomic E-state index is -0.0714. The molecular weight excluding hydrogens is 292 g/mol. The largest absolute Gasteiger partial charge is 0.496 e. The molecule has 2 aromatic carbocycles. The molecule has 0 saturated carbocycles. The van der Waals surface area contributed by atoms with E-state index in [1.165, 1.54) is 0 Å². The number of ether oxygens (including phenoxy) is 2. The Morgan fingerprint density at radius 1 is 1.22 bits per heavy atom. The van der Waals surface area contributed by atoms with Crippen molar-refractivity contribution < 1.29 is 14.6 Å². The van der Waals surface area contributed by atoms with Gasteiger partial charge in [-0.15, -0.1) is 0 Å². The lowest BCUT2D eigenvalue weighted by atomic mass is 10.1. The summed E-state index contributed by atoms with van der Waals surface area (Å²) in [7, 11) is 1.58. The van der Waals surface area contributed by atoms with Gasteiger partial charge in [-0.2, -0.15) is 5.26 Å². The molecule has 0 aliphatic heterocycles. The Labute approximate surface area is 136 Å². The molecular formula is C18H20N2O3. The van der Waals surface area contributed by atoms with Crippen LogP contribution in [0.25, 0.3) is 0 Å². The molecule has 2 aromatic rings. The second-order valence-electron chi connectivity index (χ2n) is 5.07. The Morgan fingerprint density at radius 2 is 1.96 bits per heavy atom. The minimum Gasteiger partial charge on any atom is -0.496 e. The molecule has 5 nitrogen and oxygen atoms in total. The first kappa shape index (κ1) is 16.7. The number of nitriles is 1. The van der Waals surface area contributed by atoms with E-state index in [1.54, 1.807) is 7.11 Å². The van der Waals surface area contributed by atoms with E-state index >= 15 is 0 Å². The molecule has 0 saturated heterocycles. The maximum atomic E-state index is 9.38. The van der Waals surface area contributed by atoms with Crippen molar-refractivity contribution in [3.8, 4) is 17.6 Å². The number of benzene rings is 2. The summed E-state index contributed by atoms with van der Waals surface area (Å²) in [6.07, 6.45) is 0. The highest BCUT2D eigenvalue weighted by molar-refractivity contribution is 5.52. The fraction of sp³-hybridized carbons (Fsp3) is 0.278. The van der Waals surface area contributed by atoms with E-state index in [0.717, 1.165) is 16.8 Å². The molecule has 0 amide bonds. The lowest BCUT2D eigenvalue weighted by molar-refractivity contribution is 0.274. The molecule has 1 atom stereocenters. The minimum absolute atomic E-state index is 0.0446. The van der Waals surface area contributed by atoms with Gasteiger partial charge in [-0.05, 0) is 42.8 Å². The molecule has 0 radical (unpaired) electrons. The third-order valence-electron chi connectivity index (χ3n) is 3.52. The summed E-state index contributed by atoms with van der Waals surface area (Å²) < 4.78 is 10.4. The van der Waals surface area contributed by atoms with Crippen LogP contribution in [0.1, 0.15) is 24.1 Å². The molecule has 0 aliphatic rings. The smallest absolute Gasteiger partial charge is 0.174 e. The van der Waals surface area contributed by atoms with Crippen LogP contribution in [0, 0.1) is 11.3 Å². The standard InChI is InChI=1S/C18H20N2O3/c1-13(14-3-6-17(7-4-14)23-10-9-19)20-16-5-8-18(22-2)15(11-16)12-21/h3-8,11,13,20-21H,10,12H2,1-2H3. The van der Waals surface area contributed by atoms with Gasteiger partial charge in [0.2, 0.25) is 0 Å². The van der Waals surface area contributed by atoms with Gasteiger partial charge in [-0.3, -0.25) is 0 Å². The number of nitrogens with one attached hydrogen (secondary N) is 1. The third kappa shape index (κ3) is 4.38. The van der Waals surface area contributed by atoms with Crippen LogP contribution in [0.3, 0.4) is 0 Å². The first-order chi connectivity index (χ1) is 11.2. The van der Waals surface area contributed by atoms with Gasteiger partial charge < -0.3 is 19.9 Å². The van der Waals surface area contributed by atoms with Crippen LogP contribution in [0.4, 0.5) is 5.69 Å². The highest BCUT2D eigenvalue weighted by Gasteiger charge is 2.08. The first-order valence-electron chi connectivity index (χ1n) is 7.32. The lowest BCUT2D eigenvalue weighted by Gasteiger charge is -2.17. The molecule has 2 N–H and O–H groups in total. The summed E-state index contributed by atoms with van der Waals surface area (Å²) in [6, 6.07) is 15.3. The number of nitrogens with zero attached hydrogens (tertiary/aromatic N) is 1. The molecule has 0 aromatic heterocycles. The third-order valence-corrected chi connectivity index (χ3v) is 3.52. The molecule has 2 rings (SSSR count). The predicted molar refractivity (Wildman–Crippen MR) is 88.5 cm³/mol. The van der Waals surface area contributed by atoms with Gasteiger partial charge >= 0.3 is 0 Å². The highest BCUT2D eigenvalue weighted by Crippen LogP contribution is 2.26. The lowest BCUT2D eigenvalue weighted by Crippen LogP contribution is -2.07. The number of hydrogen-bond donors (Lipinski definition) is 2. The zero-order valence-electron chi connectivity index (χ0n) is 13.2. The van der Waals surface area contributed by atoms with E-state index in [1.807, 2.05) is 55.5 Å². The Hall–Kier alpha value is -2.71. The van der Waals surface area contributed by atoms with E-state index in [4.69, 9.17) is 14.7 Å². The summed E-state index contributed by atoms with van der Waals surface area (Å²) >= 11 is 0. The van der Waals surface area contributed by atoms with Crippen molar-refractivity contribution in [1.82, 2.24) is 0 Å².